The first-order valence-corrected chi connectivity index (χ1v) is 7.17. The molecule has 0 spiro atoms. The van der Waals surface area contributed by atoms with Gasteiger partial charge >= 0.3 is 0 Å². The van der Waals surface area contributed by atoms with Gasteiger partial charge in [-0.1, -0.05) is 36.0 Å². The molecule has 0 amide bonds. The van der Waals surface area contributed by atoms with Gasteiger partial charge in [-0.15, -0.1) is 10.2 Å². The highest BCUT2D eigenvalue weighted by Gasteiger charge is 2.12. The Bertz CT molecular complexity index is 532. The Balaban J connectivity index is 2.14. The van der Waals surface area contributed by atoms with E-state index in [-0.39, 0.29) is 0 Å². The van der Waals surface area contributed by atoms with E-state index in [4.69, 9.17) is 0 Å². The van der Waals surface area contributed by atoms with Crippen LogP contribution in [0.3, 0.4) is 0 Å². The second kappa shape index (κ2) is 5.57. The van der Waals surface area contributed by atoms with Crippen molar-refractivity contribution in [2.45, 2.75) is 44.6 Å². The summed E-state index contributed by atoms with van der Waals surface area (Å²) in [7, 11) is 0. The van der Waals surface area contributed by atoms with Gasteiger partial charge in [0.1, 0.15) is 5.82 Å². The molecule has 0 aliphatic heterocycles. The van der Waals surface area contributed by atoms with Crippen molar-refractivity contribution in [1.29, 1.82) is 0 Å². The molecule has 1 heterocycles. The lowest BCUT2D eigenvalue weighted by Gasteiger charge is -2.12. The predicted octanol–water partition coefficient (Wildman–Crippen LogP) is 3.77. The Kier molecular flexibility index (Phi) is 4.07. The summed E-state index contributed by atoms with van der Waals surface area (Å²) in [6.45, 7) is 8.47. The predicted molar refractivity (Wildman–Crippen MR) is 75.9 cm³/mol. The SMILES string of the molecule is Cc1ccccc1CSc1nnc(C)n1C(C)C. The van der Waals surface area contributed by atoms with E-state index in [0.29, 0.717) is 6.04 Å². The normalized spacial score (nSPS) is 11.2. The molecular formula is C14H19N3S. The summed E-state index contributed by atoms with van der Waals surface area (Å²) in [4.78, 5) is 0. The lowest BCUT2D eigenvalue weighted by molar-refractivity contribution is 0.536. The largest absolute Gasteiger partial charge is 0.304 e. The van der Waals surface area contributed by atoms with Crippen molar-refractivity contribution in [1.82, 2.24) is 14.8 Å². The van der Waals surface area contributed by atoms with E-state index in [2.05, 4.69) is 59.8 Å². The minimum Gasteiger partial charge on any atom is -0.304 e. The molecule has 0 saturated carbocycles. The van der Waals surface area contributed by atoms with Gasteiger partial charge in [0.15, 0.2) is 5.16 Å². The molecular weight excluding hydrogens is 242 g/mol. The van der Waals surface area contributed by atoms with Crippen LogP contribution in [-0.4, -0.2) is 14.8 Å². The Morgan fingerprint density at radius 2 is 1.89 bits per heavy atom. The lowest BCUT2D eigenvalue weighted by Crippen LogP contribution is -2.04. The number of benzene rings is 1. The van der Waals surface area contributed by atoms with Crippen LogP contribution in [0.5, 0.6) is 0 Å². The topological polar surface area (TPSA) is 30.7 Å². The Morgan fingerprint density at radius 3 is 2.56 bits per heavy atom. The van der Waals surface area contributed by atoms with Gasteiger partial charge in [0, 0.05) is 11.8 Å². The van der Waals surface area contributed by atoms with E-state index < -0.39 is 0 Å². The van der Waals surface area contributed by atoms with Gasteiger partial charge in [-0.3, -0.25) is 0 Å². The first-order chi connectivity index (χ1) is 8.59. The van der Waals surface area contributed by atoms with Crippen LogP contribution in [0.25, 0.3) is 0 Å². The fourth-order valence-electron chi connectivity index (χ4n) is 1.96. The zero-order valence-corrected chi connectivity index (χ0v) is 12.2. The van der Waals surface area contributed by atoms with Gasteiger partial charge in [-0.2, -0.15) is 0 Å². The highest BCUT2D eigenvalue weighted by molar-refractivity contribution is 7.98. The third-order valence-electron chi connectivity index (χ3n) is 2.97. The molecule has 0 radical (unpaired) electrons. The van der Waals surface area contributed by atoms with E-state index in [9.17, 15) is 0 Å². The van der Waals surface area contributed by atoms with Gasteiger partial charge in [0.25, 0.3) is 0 Å². The third kappa shape index (κ3) is 2.75. The zero-order chi connectivity index (χ0) is 13.1. The zero-order valence-electron chi connectivity index (χ0n) is 11.3. The van der Waals surface area contributed by atoms with E-state index in [1.807, 2.05) is 6.92 Å². The van der Waals surface area contributed by atoms with E-state index >= 15 is 0 Å². The van der Waals surface area contributed by atoms with Gasteiger partial charge in [-0.25, -0.2) is 0 Å². The van der Waals surface area contributed by atoms with Crippen LogP contribution in [-0.2, 0) is 5.75 Å². The molecule has 4 heteroatoms. The minimum absolute atomic E-state index is 0.402. The van der Waals surface area contributed by atoms with E-state index in [1.54, 1.807) is 11.8 Å². The fourth-order valence-corrected chi connectivity index (χ4v) is 3.15. The molecule has 3 nitrogen and oxygen atoms in total. The monoisotopic (exact) mass is 261 g/mol. The summed E-state index contributed by atoms with van der Waals surface area (Å²) in [6.07, 6.45) is 0. The van der Waals surface area contributed by atoms with Crippen LogP contribution in [0.15, 0.2) is 29.4 Å². The van der Waals surface area contributed by atoms with Crippen LogP contribution in [0, 0.1) is 13.8 Å². The van der Waals surface area contributed by atoms with Crippen LogP contribution >= 0.6 is 11.8 Å². The Morgan fingerprint density at radius 1 is 1.17 bits per heavy atom. The molecule has 1 aromatic carbocycles. The first-order valence-electron chi connectivity index (χ1n) is 6.18. The number of rotatable bonds is 4. The summed E-state index contributed by atoms with van der Waals surface area (Å²) >= 11 is 1.75. The molecule has 0 unspecified atom stereocenters. The molecule has 2 rings (SSSR count). The number of aromatic nitrogens is 3. The van der Waals surface area contributed by atoms with Crippen molar-refractivity contribution in [3.05, 3.63) is 41.2 Å². The van der Waals surface area contributed by atoms with Gasteiger partial charge in [0.2, 0.25) is 0 Å². The molecule has 0 saturated heterocycles. The molecule has 0 bridgehead atoms. The van der Waals surface area contributed by atoms with Gasteiger partial charge in [0.05, 0.1) is 0 Å². The summed E-state index contributed by atoms with van der Waals surface area (Å²) < 4.78 is 2.18. The second-order valence-electron chi connectivity index (χ2n) is 4.71. The van der Waals surface area contributed by atoms with Crippen molar-refractivity contribution in [3.63, 3.8) is 0 Å². The third-order valence-corrected chi connectivity index (χ3v) is 3.96. The summed E-state index contributed by atoms with van der Waals surface area (Å²) in [5.41, 5.74) is 2.69. The van der Waals surface area contributed by atoms with Crippen LogP contribution in [0.2, 0.25) is 0 Å². The molecule has 0 fully saturated rings. The maximum atomic E-state index is 4.26. The minimum atomic E-state index is 0.402. The average molecular weight is 261 g/mol. The summed E-state index contributed by atoms with van der Waals surface area (Å²) in [5, 5.41) is 9.43. The van der Waals surface area contributed by atoms with Crippen molar-refractivity contribution in [3.8, 4) is 0 Å². The highest BCUT2D eigenvalue weighted by Crippen LogP contribution is 2.25. The molecule has 0 atom stereocenters. The maximum Gasteiger partial charge on any atom is 0.191 e. The molecule has 2 aromatic rings. The van der Waals surface area contributed by atoms with Gasteiger partial charge in [-0.05, 0) is 38.8 Å². The molecule has 18 heavy (non-hydrogen) atoms. The second-order valence-corrected chi connectivity index (χ2v) is 5.65. The molecule has 0 N–H and O–H groups in total. The van der Waals surface area contributed by atoms with Crippen molar-refractivity contribution < 1.29 is 0 Å². The Hall–Kier alpha value is -1.29. The van der Waals surface area contributed by atoms with Crippen LogP contribution < -0.4 is 0 Å². The lowest BCUT2D eigenvalue weighted by atomic mass is 10.1. The standard InChI is InChI=1S/C14H19N3S/c1-10(2)17-12(4)15-16-14(17)18-9-13-8-6-5-7-11(13)3/h5-8,10H,9H2,1-4H3. The molecule has 0 aliphatic rings. The Labute approximate surface area is 113 Å². The number of nitrogens with zero attached hydrogens (tertiary/aromatic N) is 3. The van der Waals surface area contributed by atoms with E-state index in [0.717, 1.165) is 16.7 Å². The quantitative estimate of drug-likeness (QED) is 0.785. The average Bonchev–Trinajstić information content (AvgIpc) is 2.69. The molecule has 0 aliphatic carbocycles. The van der Waals surface area contributed by atoms with Crippen molar-refractivity contribution in [2.24, 2.45) is 0 Å². The molecule has 1 aromatic heterocycles. The maximum absolute atomic E-state index is 4.26. The number of hydrogen-bond acceptors (Lipinski definition) is 3. The van der Waals surface area contributed by atoms with Crippen LogP contribution in [0.1, 0.15) is 36.8 Å². The van der Waals surface area contributed by atoms with Crippen molar-refractivity contribution >= 4 is 11.8 Å². The van der Waals surface area contributed by atoms with Crippen molar-refractivity contribution in [2.75, 3.05) is 0 Å². The molecule has 96 valence electrons. The number of aryl methyl sites for hydroxylation is 2. The summed E-state index contributed by atoms with van der Waals surface area (Å²) in [5.74, 6) is 1.93. The van der Waals surface area contributed by atoms with Crippen LogP contribution in [0.4, 0.5) is 0 Å². The summed E-state index contributed by atoms with van der Waals surface area (Å²) in [6, 6.07) is 8.88. The fraction of sp³-hybridized carbons (Fsp3) is 0.429. The number of thioether (sulfide) groups is 1. The smallest absolute Gasteiger partial charge is 0.191 e. The highest BCUT2D eigenvalue weighted by atomic mass is 32.2. The van der Waals surface area contributed by atoms with E-state index in [1.165, 1.54) is 11.1 Å². The number of hydrogen-bond donors (Lipinski definition) is 0. The first kappa shape index (κ1) is 13.1. The van der Waals surface area contributed by atoms with Gasteiger partial charge < -0.3 is 4.57 Å².